The molecule has 188 valence electrons. The van der Waals surface area contributed by atoms with Crippen LogP contribution in [0.3, 0.4) is 0 Å². The molecule has 35 heavy (non-hydrogen) atoms. The number of nitrogens with one attached hydrogen (secondary N) is 1. The number of methoxy groups -OCH3 is 1. The van der Waals surface area contributed by atoms with Gasteiger partial charge in [-0.05, 0) is 69.2 Å². The van der Waals surface area contributed by atoms with Crippen LogP contribution in [0.25, 0.3) is 6.08 Å². The molecule has 3 rings (SSSR count). The number of esters is 1. The molecule has 10 heteroatoms. The van der Waals surface area contributed by atoms with Crippen LogP contribution in [0.4, 0.5) is 4.79 Å². The number of likely N-dealkylation sites (tertiary alicyclic amines) is 1. The summed E-state index contributed by atoms with van der Waals surface area (Å²) < 4.78 is 38.7. The van der Waals surface area contributed by atoms with Crippen LogP contribution in [0.2, 0.25) is 5.02 Å². The van der Waals surface area contributed by atoms with Crippen LogP contribution in [0, 0.1) is 0 Å². The van der Waals surface area contributed by atoms with Crippen LogP contribution in [0.1, 0.15) is 43.1 Å². The molecule has 1 heterocycles. The summed E-state index contributed by atoms with van der Waals surface area (Å²) in [5.41, 5.74) is 0.542. The number of rotatable bonds is 6. The van der Waals surface area contributed by atoms with E-state index in [1.807, 2.05) is 12.2 Å². The quantitative estimate of drug-likeness (QED) is 0.563. The zero-order valence-electron chi connectivity index (χ0n) is 20.0. The molecule has 1 aliphatic rings. The highest BCUT2D eigenvalue weighted by Crippen LogP contribution is 2.25. The molecular weight excluding hydrogens is 492 g/mol. The Kier molecular flexibility index (Phi) is 8.25. The van der Waals surface area contributed by atoms with Gasteiger partial charge in [0.25, 0.3) is 0 Å². The zero-order valence-corrected chi connectivity index (χ0v) is 21.6. The van der Waals surface area contributed by atoms with Crippen LogP contribution in [-0.4, -0.2) is 56.7 Å². The van der Waals surface area contributed by atoms with Crippen molar-refractivity contribution in [1.82, 2.24) is 9.62 Å². The lowest BCUT2D eigenvalue weighted by Gasteiger charge is -2.27. The molecule has 1 amide bonds. The molecule has 0 saturated carbocycles. The van der Waals surface area contributed by atoms with Crippen molar-refractivity contribution in [1.29, 1.82) is 0 Å². The average molecular weight is 521 g/mol. The maximum Gasteiger partial charge on any atom is 0.410 e. The Morgan fingerprint density at radius 2 is 1.71 bits per heavy atom. The van der Waals surface area contributed by atoms with Gasteiger partial charge in [0.1, 0.15) is 5.60 Å². The van der Waals surface area contributed by atoms with Crippen molar-refractivity contribution in [3.63, 3.8) is 0 Å². The first kappa shape index (κ1) is 26.7. The third kappa shape index (κ3) is 7.30. The van der Waals surface area contributed by atoms with Crippen molar-refractivity contribution in [2.24, 2.45) is 0 Å². The zero-order chi connectivity index (χ0) is 25.8. The summed E-state index contributed by atoms with van der Waals surface area (Å²) in [6.07, 6.45) is 3.48. The van der Waals surface area contributed by atoms with Crippen LogP contribution in [0.15, 0.2) is 59.5 Å². The maximum absolute atomic E-state index is 12.9. The highest BCUT2D eigenvalue weighted by Gasteiger charge is 2.38. The third-order valence-corrected chi connectivity index (χ3v) is 7.05. The first-order valence-corrected chi connectivity index (χ1v) is 12.9. The van der Waals surface area contributed by atoms with E-state index in [0.29, 0.717) is 17.0 Å². The molecule has 2 aromatic rings. The predicted octanol–water partition coefficient (Wildman–Crippen LogP) is 4.50. The van der Waals surface area contributed by atoms with Gasteiger partial charge < -0.3 is 14.4 Å². The van der Waals surface area contributed by atoms with Crippen molar-refractivity contribution in [3.8, 4) is 0 Å². The smallest absolute Gasteiger partial charge is 0.410 e. The van der Waals surface area contributed by atoms with E-state index in [2.05, 4.69) is 4.72 Å². The highest BCUT2D eigenvalue weighted by atomic mass is 35.5. The second kappa shape index (κ2) is 10.8. The number of benzene rings is 2. The van der Waals surface area contributed by atoms with Crippen molar-refractivity contribution < 1.29 is 27.5 Å². The molecule has 1 fully saturated rings. The van der Waals surface area contributed by atoms with Gasteiger partial charge in [0.2, 0.25) is 10.0 Å². The standard InChI is InChI=1S/C25H29ClN2O6S/c1-25(2,3)34-24(30)28-16-20(27-35(31,32)22-13-10-19(26)11-14-22)15-21(28)12-7-17-5-8-18(9-6-17)23(29)33-4/h5-14,20-21,27H,15-16H2,1-4H3/t20-,21-/m1/s1. The molecule has 0 unspecified atom stereocenters. The Bertz CT molecular complexity index is 1190. The van der Waals surface area contributed by atoms with Crippen molar-refractivity contribution in [2.45, 2.75) is 49.8 Å². The number of halogens is 1. The Morgan fingerprint density at radius 3 is 2.29 bits per heavy atom. The lowest BCUT2D eigenvalue weighted by Crippen LogP contribution is -2.41. The minimum absolute atomic E-state index is 0.0930. The molecule has 0 radical (unpaired) electrons. The molecule has 2 atom stereocenters. The van der Waals surface area contributed by atoms with E-state index >= 15 is 0 Å². The Hall–Kier alpha value is -2.88. The first-order valence-electron chi connectivity index (χ1n) is 11.0. The normalized spacial score (nSPS) is 18.6. The summed E-state index contributed by atoms with van der Waals surface area (Å²) >= 11 is 5.87. The Morgan fingerprint density at radius 1 is 1.09 bits per heavy atom. The maximum atomic E-state index is 12.9. The molecule has 0 aliphatic carbocycles. The minimum atomic E-state index is -3.81. The molecule has 1 saturated heterocycles. The van der Waals surface area contributed by atoms with Gasteiger partial charge in [0.05, 0.1) is 23.6 Å². The lowest BCUT2D eigenvalue weighted by atomic mass is 10.1. The average Bonchev–Trinajstić information content (AvgIpc) is 3.18. The van der Waals surface area contributed by atoms with Crippen molar-refractivity contribution in [3.05, 3.63) is 70.8 Å². The molecular formula is C25H29ClN2O6S. The second-order valence-electron chi connectivity index (χ2n) is 9.18. The molecule has 2 aromatic carbocycles. The van der Waals surface area contributed by atoms with E-state index in [-0.39, 0.29) is 11.4 Å². The molecule has 0 aromatic heterocycles. The van der Waals surface area contributed by atoms with Gasteiger partial charge in [-0.2, -0.15) is 0 Å². The molecule has 1 N–H and O–H groups in total. The monoisotopic (exact) mass is 520 g/mol. The molecule has 0 bridgehead atoms. The summed E-state index contributed by atoms with van der Waals surface area (Å²) in [5.74, 6) is -0.428. The summed E-state index contributed by atoms with van der Waals surface area (Å²) in [5, 5.41) is 0.436. The number of carbonyl (C=O) groups is 2. The largest absolute Gasteiger partial charge is 0.465 e. The van der Waals surface area contributed by atoms with Gasteiger partial charge in [0, 0.05) is 17.6 Å². The van der Waals surface area contributed by atoms with E-state index < -0.39 is 39.8 Å². The fourth-order valence-corrected chi connectivity index (χ4v) is 5.00. The topological polar surface area (TPSA) is 102 Å². The number of nitrogens with zero attached hydrogens (tertiary/aromatic N) is 1. The Balaban J connectivity index is 1.79. The fourth-order valence-electron chi connectivity index (χ4n) is 3.64. The van der Waals surface area contributed by atoms with E-state index in [1.54, 1.807) is 45.0 Å². The lowest BCUT2D eigenvalue weighted by molar-refractivity contribution is 0.0253. The molecule has 0 spiro atoms. The van der Waals surface area contributed by atoms with Gasteiger partial charge in [-0.1, -0.05) is 35.9 Å². The summed E-state index contributed by atoms with van der Waals surface area (Å²) in [6, 6.07) is 11.8. The van der Waals surface area contributed by atoms with Gasteiger partial charge in [-0.3, -0.25) is 0 Å². The second-order valence-corrected chi connectivity index (χ2v) is 11.3. The van der Waals surface area contributed by atoms with Crippen LogP contribution in [0.5, 0.6) is 0 Å². The number of sulfonamides is 1. The predicted molar refractivity (Wildman–Crippen MR) is 134 cm³/mol. The minimum Gasteiger partial charge on any atom is -0.465 e. The van der Waals surface area contributed by atoms with E-state index in [9.17, 15) is 18.0 Å². The summed E-state index contributed by atoms with van der Waals surface area (Å²) in [4.78, 5) is 26.1. The first-order chi connectivity index (χ1) is 16.4. The fraction of sp³-hybridized carbons (Fsp3) is 0.360. The summed E-state index contributed by atoms with van der Waals surface area (Å²) in [7, 11) is -2.49. The van der Waals surface area contributed by atoms with Gasteiger partial charge in [-0.25, -0.2) is 22.7 Å². The number of carbonyl (C=O) groups excluding carboxylic acids is 2. The van der Waals surface area contributed by atoms with Crippen molar-refractivity contribution >= 4 is 39.8 Å². The number of amides is 1. The van der Waals surface area contributed by atoms with Crippen LogP contribution in [-0.2, 0) is 19.5 Å². The third-order valence-electron chi connectivity index (χ3n) is 5.26. The SMILES string of the molecule is COC(=O)c1ccc(C=C[C@@H]2C[C@@H](NS(=O)(=O)c3ccc(Cl)cc3)CN2C(=O)OC(C)(C)C)cc1. The van der Waals surface area contributed by atoms with E-state index in [4.69, 9.17) is 21.1 Å². The summed E-state index contributed by atoms with van der Waals surface area (Å²) in [6.45, 7) is 5.47. The molecule has 1 aliphatic heterocycles. The van der Waals surface area contributed by atoms with Gasteiger partial charge in [0.15, 0.2) is 0 Å². The van der Waals surface area contributed by atoms with Gasteiger partial charge >= 0.3 is 12.1 Å². The van der Waals surface area contributed by atoms with E-state index in [0.717, 1.165) is 5.56 Å². The number of hydrogen-bond donors (Lipinski definition) is 1. The molecule has 8 nitrogen and oxygen atoms in total. The highest BCUT2D eigenvalue weighted by molar-refractivity contribution is 7.89. The van der Waals surface area contributed by atoms with Crippen LogP contribution >= 0.6 is 11.6 Å². The van der Waals surface area contributed by atoms with E-state index in [1.165, 1.54) is 36.3 Å². The number of ether oxygens (including phenoxy) is 2. The Labute approximate surface area is 210 Å². The van der Waals surface area contributed by atoms with Crippen molar-refractivity contribution in [2.75, 3.05) is 13.7 Å². The number of hydrogen-bond acceptors (Lipinski definition) is 6. The van der Waals surface area contributed by atoms with Gasteiger partial charge in [-0.15, -0.1) is 0 Å². The van der Waals surface area contributed by atoms with Crippen LogP contribution < -0.4 is 4.72 Å².